The highest BCUT2D eigenvalue weighted by molar-refractivity contribution is 7.99. The summed E-state index contributed by atoms with van der Waals surface area (Å²) in [5, 5.41) is 0. The van der Waals surface area contributed by atoms with Gasteiger partial charge in [-0.05, 0) is 25.5 Å². The van der Waals surface area contributed by atoms with Crippen molar-refractivity contribution >= 4 is 11.8 Å². The summed E-state index contributed by atoms with van der Waals surface area (Å²) in [6.07, 6.45) is -2.51. The maximum absolute atomic E-state index is 11.8. The minimum Gasteiger partial charge on any atom is -0.378 e. The summed E-state index contributed by atoms with van der Waals surface area (Å²) in [5.41, 5.74) is 2.14. The van der Waals surface area contributed by atoms with Crippen LogP contribution in [0.1, 0.15) is 11.3 Å². The SMILES string of the molecule is Cc1nccc(SCCOCCOCC(F)(F)F)c1C. The average Bonchev–Trinajstić information content (AvgIpc) is 2.36. The van der Waals surface area contributed by atoms with Crippen LogP contribution in [-0.4, -0.2) is 43.3 Å². The maximum Gasteiger partial charge on any atom is 0.411 e. The molecule has 0 bridgehead atoms. The summed E-state index contributed by atoms with van der Waals surface area (Å²) in [4.78, 5) is 5.33. The molecule has 0 unspecified atom stereocenters. The van der Waals surface area contributed by atoms with Gasteiger partial charge in [0.15, 0.2) is 0 Å². The zero-order valence-corrected chi connectivity index (χ0v) is 12.3. The van der Waals surface area contributed by atoms with E-state index in [9.17, 15) is 13.2 Å². The molecule has 7 heteroatoms. The molecule has 0 aromatic carbocycles. The van der Waals surface area contributed by atoms with Gasteiger partial charge in [0.25, 0.3) is 0 Å². The van der Waals surface area contributed by atoms with Gasteiger partial charge in [0.2, 0.25) is 0 Å². The van der Waals surface area contributed by atoms with Gasteiger partial charge >= 0.3 is 6.18 Å². The molecule has 0 saturated carbocycles. The molecule has 0 aliphatic heterocycles. The number of nitrogens with zero attached hydrogens (tertiary/aromatic N) is 1. The molecule has 0 saturated heterocycles. The molecule has 0 fully saturated rings. The van der Waals surface area contributed by atoms with Crippen LogP contribution in [0.3, 0.4) is 0 Å². The van der Waals surface area contributed by atoms with Crippen LogP contribution >= 0.6 is 11.8 Å². The summed E-state index contributed by atoms with van der Waals surface area (Å²) in [5.74, 6) is 0.740. The second kappa shape index (κ2) is 8.49. The first-order valence-electron chi connectivity index (χ1n) is 6.17. The van der Waals surface area contributed by atoms with Crippen molar-refractivity contribution in [2.24, 2.45) is 0 Å². The van der Waals surface area contributed by atoms with Crippen molar-refractivity contribution in [3.05, 3.63) is 23.5 Å². The molecule has 0 aliphatic rings. The smallest absolute Gasteiger partial charge is 0.378 e. The van der Waals surface area contributed by atoms with E-state index in [1.165, 1.54) is 0 Å². The van der Waals surface area contributed by atoms with Crippen molar-refractivity contribution < 1.29 is 22.6 Å². The molecule has 1 heterocycles. The summed E-state index contributed by atoms with van der Waals surface area (Å²) in [6.45, 7) is 3.34. The van der Waals surface area contributed by atoms with E-state index in [2.05, 4.69) is 9.72 Å². The van der Waals surface area contributed by atoms with Gasteiger partial charge in [0.1, 0.15) is 6.61 Å². The largest absolute Gasteiger partial charge is 0.411 e. The number of hydrogen-bond donors (Lipinski definition) is 0. The van der Waals surface area contributed by atoms with E-state index >= 15 is 0 Å². The van der Waals surface area contributed by atoms with Gasteiger partial charge in [-0.15, -0.1) is 11.8 Å². The van der Waals surface area contributed by atoms with Crippen LogP contribution in [0, 0.1) is 13.8 Å². The van der Waals surface area contributed by atoms with Gasteiger partial charge in [-0.2, -0.15) is 13.2 Å². The molecule has 114 valence electrons. The van der Waals surface area contributed by atoms with Gasteiger partial charge in [0.05, 0.1) is 19.8 Å². The fraction of sp³-hybridized carbons (Fsp3) is 0.615. The number of pyridine rings is 1. The van der Waals surface area contributed by atoms with Gasteiger partial charge < -0.3 is 9.47 Å². The molecule has 0 N–H and O–H groups in total. The Balaban J connectivity index is 2.07. The molecule has 1 aromatic heterocycles. The number of halogens is 3. The molecule has 3 nitrogen and oxygen atoms in total. The standard InChI is InChI=1S/C13H18F3NO2S/c1-10-11(2)17-4-3-12(10)20-8-7-18-5-6-19-9-13(14,15)16/h3-4H,5-9H2,1-2H3. The van der Waals surface area contributed by atoms with Crippen molar-refractivity contribution in [3.8, 4) is 0 Å². The van der Waals surface area contributed by atoms with Crippen LogP contribution in [0.5, 0.6) is 0 Å². The molecule has 20 heavy (non-hydrogen) atoms. The summed E-state index contributed by atoms with van der Waals surface area (Å²) in [6, 6.07) is 1.94. The van der Waals surface area contributed by atoms with Crippen LogP contribution in [0.4, 0.5) is 13.2 Å². The Kier molecular flexibility index (Phi) is 7.32. The van der Waals surface area contributed by atoms with Gasteiger partial charge in [-0.25, -0.2) is 0 Å². The second-order valence-corrected chi connectivity index (χ2v) is 5.28. The van der Waals surface area contributed by atoms with E-state index in [0.717, 1.165) is 21.9 Å². The van der Waals surface area contributed by atoms with Crippen molar-refractivity contribution in [3.63, 3.8) is 0 Å². The first-order chi connectivity index (χ1) is 9.40. The van der Waals surface area contributed by atoms with E-state index in [1.807, 2.05) is 19.9 Å². The van der Waals surface area contributed by atoms with Crippen molar-refractivity contribution in [2.45, 2.75) is 24.9 Å². The minimum atomic E-state index is -4.27. The Morgan fingerprint density at radius 2 is 1.85 bits per heavy atom. The number of alkyl halides is 3. The Morgan fingerprint density at radius 3 is 2.55 bits per heavy atom. The van der Waals surface area contributed by atoms with E-state index < -0.39 is 12.8 Å². The van der Waals surface area contributed by atoms with Gasteiger partial charge in [-0.3, -0.25) is 4.98 Å². The Labute approximate surface area is 120 Å². The Bertz CT molecular complexity index is 413. The van der Waals surface area contributed by atoms with Crippen molar-refractivity contribution in [1.29, 1.82) is 0 Å². The fourth-order valence-electron chi connectivity index (χ4n) is 1.39. The molecule has 0 amide bonds. The number of aromatic nitrogens is 1. The van der Waals surface area contributed by atoms with Crippen LogP contribution in [-0.2, 0) is 9.47 Å². The first kappa shape index (κ1) is 17.3. The Hall–Kier alpha value is -0.790. The van der Waals surface area contributed by atoms with Crippen LogP contribution in [0.2, 0.25) is 0 Å². The van der Waals surface area contributed by atoms with Crippen molar-refractivity contribution in [1.82, 2.24) is 4.98 Å². The van der Waals surface area contributed by atoms with E-state index in [0.29, 0.717) is 6.61 Å². The fourth-order valence-corrected chi connectivity index (χ4v) is 2.33. The number of rotatable bonds is 8. The molecule has 0 atom stereocenters. The zero-order valence-electron chi connectivity index (χ0n) is 11.5. The lowest BCUT2D eigenvalue weighted by atomic mass is 10.2. The van der Waals surface area contributed by atoms with Gasteiger partial charge in [-0.1, -0.05) is 0 Å². The predicted molar refractivity (Wildman–Crippen MR) is 72.1 cm³/mol. The number of aryl methyl sites for hydroxylation is 1. The molecule has 1 rings (SSSR count). The topological polar surface area (TPSA) is 31.4 Å². The third kappa shape index (κ3) is 7.12. The molecule has 0 spiro atoms. The average molecular weight is 309 g/mol. The summed E-state index contributed by atoms with van der Waals surface area (Å²) < 4.78 is 45.0. The van der Waals surface area contributed by atoms with Gasteiger partial charge in [0, 0.05) is 22.5 Å². The van der Waals surface area contributed by atoms with Crippen LogP contribution < -0.4 is 0 Å². The normalized spacial score (nSPS) is 11.8. The lowest BCUT2D eigenvalue weighted by Crippen LogP contribution is -2.19. The van der Waals surface area contributed by atoms with Crippen LogP contribution in [0.25, 0.3) is 0 Å². The third-order valence-electron chi connectivity index (χ3n) is 2.53. The summed E-state index contributed by atoms with van der Waals surface area (Å²) in [7, 11) is 0. The number of hydrogen-bond acceptors (Lipinski definition) is 4. The lowest BCUT2D eigenvalue weighted by Gasteiger charge is -2.09. The molecule has 1 aromatic rings. The highest BCUT2D eigenvalue weighted by Gasteiger charge is 2.27. The van der Waals surface area contributed by atoms with E-state index in [-0.39, 0.29) is 13.2 Å². The second-order valence-electron chi connectivity index (χ2n) is 4.15. The third-order valence-corrected chi connectivity index (χ3v) is 3.65. The molecular weight excluding hydrogens is 291 g/mol. The lowest BCUT2D eigenvalue weighted by molar-refractivity contribution is -0.176. The van der Waals surface area contributed by atoms with Crippen molar-refractivity contribution in [2.75, 3.05) is 32.2 Å². The predicted octanol–water partition coefficient (Wildman–Crippen LogP) is 3.39. The van der Waals surface area contributed by atoms with E-state index in [1.54, 1.807) is 18.0 Å². The quantitative estimate of drug-likeness (QED) is 0.544. The zero-order chi connectivity index (χ0) is 15.0. The monoisotopic (exact) mass is 309 g/mol. The van der Waals surface area contributed by atoms with Crippen LogP contribution in [0.15, 0.2) is 17.2 Å². The minimum absolute atomic E-state index is 0.0441. The first-order valence-corrected chi connectivity index (χ1v) is 7.16. The van der Waals surface area contributed by atoms with E-state index in [4.69, 9.17) is 4.74 Å². The Morgan fingerprint density at radius 1 is 1.15 bits per heavy atom. The molecule has 0 radical (unpaired) electrons. The highest BCUT2D eigenvalue weighted by atomic mass is 32.2. The number of ether oxygens (including phenoxy) is 2. The molecular formula is C13H18F3NO2S. The highest BCUT2D eigenvalue weighted by Crippen LogP contribution is 2.22. The number of thioether (sulfide) groups is 1. The maximum atomic E-state index is 11.8. The molecule has 0 aliphatic carbocycles. The summed E-state index contributed by atoms with van der Waals surface area (Å²) >= 11 is 1.64.